The van der Waals surface area contributed by atoms with E-state index in [0.29, 0.717) is 33.1 Å². The molecule has 0 saturated heterocycles. The summed E-state index contributed by atoms with van der Waals surface area (Å²) in [6.45, 7) is 4.91. The first kappa shape index (κ1) is 18.6. The molecule has 0 atom stereocenters. The highest BCUT2D eigenvalue weighted by atomic mass is 32.1. The molecular weight excluding hydrogens is 364 g/mol. The lowest BCUT2D eigenvalue weighted by atomic mass is 10.1. The third-order valence-corrected chi connectivity index (χ3v) is 4.93. The van der Waals surface area contributed by atoms with Crippen molar-refractivity contribution in [2.24, 2.45) is 0 Å². The van der Waals surface area contributed by atoms with Gasteiger partial charge in [0, 0.05) is 16.9 Å². The van der Waals surface area contributed by atoms with Crippen LogP contribution in [-0.4, -0.2) is 22.6 Å². The number of hydrogen-bond acceptors (Lipinski definition) is 5. The van der Waals surface area contributed by atoms with Crippen molar-refractivity contribution in [3.63, 3.8) is 0 Å². The molecule has 2 N–H and O–H groups in total. The maximum Gasteiger partial charge on any atom is 0.360 e. The number of aryl methyl sites for hydroxylation is 1. The van der Waals surface area contributed by atoms with Gasteiger partial charge in [0.2, 0.25) is 0 Å². The highest BCUT2D eigenvalue weighted by Gasteiger charge is 2.21. The van der Waals surface area contributed by atoms with Crippen LogP contribution in [0, 0.1) is 13.8 Å². The van der Waals surface area contributed by atoms with E-state index in [1.165, 1.54) is 18.3 Å². The Labute approximate surface area is 160 Å². The second kappa shape index (κ2) is 7.59. The Morgan fingerprint density at radius 2 is 1.78 bits per heavy atom. The van der Waals surface area contributed by atoms with Gasteiger partial charge in [0.25, 0.3) is 5.91 Å². The maximum atomic E-state index is 12.4. The van der Waals surface area contributed by atoms with E-state index in [-0.39, 0.29) is 17.4 Å². The molecule has 0 aliphatic heterocycles. The molecule has 27 heavy (non-hydrogen) atoms. The third-order valence-electron chi connectivity index (χ3n) is 4.06. The Morgan fingerprint density at radius 1 is 1.07 bits per heavy atom. The Bertz CT molecular complexity index is 1000. The topological polar surface area (TPSA) is 88.3 Å². The number of rotatable bonds is 5. The molecule has 0 radical (unpaired) electrons. The molecule has 0 unspecified atom stereocenters. The number of amides is 1. The van der Waals surface area contributed by atoms with Crippen LogP contribution in [0.25, 0.3) is 0 Å². The van der Waals surface area contributed by atoms with Gasteiger partial charge in [-0.15, -0.1) is 11.3 Å². The van der Waals surface area contributed by atoms with Gasteiger partial charge in [0.1, 0.15) is 11.4 Å². The molecule has 0 bridgehead atoms. The monoisotopic (exact) mass is 382 g/mol. The van der Waals surface area contributed by atoms with Crippen molar-refractivity contribution in [2.45, 2.75) is 20.8 Å². The summed E-state index contributed by atoms with van der Waals surface area (Å²) >= 11 is 1.36. The summed E-state index contributed by atoms with van der Waals surface area (Å²) < 4.78 is 5.37. The molecule has 138 valence electrons. The summed E-state index contributed by atoms with van der Waals surface area (Å²) in [6, 6.07) is 10.1. The number of H-pyrrole nitrogens is 1. The molecule has 3 rings (SSSR count). The molecule has 7 heteroatoms. The molecule has 0 fully saturated rings. The number of aromatic nitrogens is 1. The summed E-state index contributed by atoms with van der Waals surface area (Å²) in [5.41, 5.74) is 2.57. The number of ketones is 1. The molecule has 0 aliphatic carbocycles. The van der Waals surface area contributed by atoms with Gasteiger partial charge in [-0.25, -0.2) is 4.79 Å². The number of nitrogens with one attached hydrogen (secondary N) is 2. The normalized spacial score (nSPS) is 10.5. The van der Waals surface area contributed by atoms with E-state index in [0.717, 1.165) is 0 Å². The molecule has 3 aromatic rings. The smallest absolute Gasteiger partial charge is 0.360 e. The Balaban J connectivity index is 1.70. The molecule has 0 saturated carbocycles. The zero-order chi connectivity index (χ0) is 19.6. The number of carbonyl (C=O) groups excluding carboxylic acids is 3. The molecule has 0 spiro atoms. The van der Waals surface area contributed by atoms with Crippen LogP contribution in [0.5, 0.6) is 5.75 Å². The Morgan fingerprint density at radius 3 is 2.33 bits per heavy atom. The van der Waals surface area contributed by atoms with Gasteiger partial charge in [-0.3, -0.25) is 9.59 Å². The van der Waals surface area contributed by atoms with Crippen molar-refractivity contribution >= 4 is 34.7 Å². The summed E-state index contributed by atoms with van der Waals surface area (Å²) in [7, 11) is 0. The molecule has 2 aromatic heterocycles. The van der Waals surface area contributed by atoms with Crippen LogP contribution < -0.4 is 10.1 Å². The van der Waals surface area contributed by atoms with Crippen LogP contribution in [-0.2, 0) is 0 Å². The average molecular weight is 382 g/mol. The minimum absolute atomic E-state index is 0.105. The number of hydrogen-bond donors (Lipinski definition) is 2. The maximum absolute atomic E-state index is 12.4. The zero-order valence-corrected chi connectivity index (χ0v) is 15.9. The van der Waals surface area contributed by atoms with Crippen molar-refractivity contribution in [1.82, 2.24) is 4.98 Å². The van der Waals surface area contributed by atoms with Crippen LogP contribution in [0.3, 0.4) is 0 Å². The summed E-state index contributed by atoms with van der Waals surface area (Å²) in [6.07, 6.45) is 0. The van der Waals surface area contributed by atoms with E-state index in [2.05, 4.69) is 10.3 Å². The number of carbonyl (C=O) groups is 3. The zero-order valence-electron chi connectivity index (χ0n) is 15.1. The fourth-order valence-corrected chi connectivity index (χ4v) is 3.47. The van der Waals surface area contributed by atoms with Gasteiger partial charge < -0.3 is 15.0 Å². The Hall–Kier alpha value is -3.19. The van der Waals surface area contributed by atoms with E-state index in [4.69, 9.17) is 4.74 Å². The first-order chi connectivity index (χ1) is 12.9. The summed E-state index contributed by atoms with van der Waals surface area (Å²) in [4.78, 5) is 39.7. The van der Waals surface area contributed by atoms with Gasteiger partial charge >= 0.3 is 5.97 Å². The fourth-order valence-electron chi connectivity index (χ4n) is 2.85. The van der Waals surface area contributed by atoms with Crippen LogP contribution in [0.1, 0.15) is 48.7 Å². The van der Waals surface area contributed by atoms with Gasteiger partial charge in [-0.2, -0.15) is 0 Å². The first-order valence-electron chi connectivity index (χ1n) is 8.24. The van der Waals surface area contributed by atoms with Gasteiger partial charge in [-0.05, 0) is 62.0 Å². The predicted octanol–water partition coefficient (Wildman–Crippen LogP) is 4.37. The molecule has 0 aliphatic rings. The number of anilines is 1. The van der Waals surface area contributed by atoms with Gasteiger partial charge in [-0.1, -0.05) is 6.07 Å². The number of Topliss-reactive ketones (excluding diaryl/α,β-unsaturated/α-hetero) is 1. The molecule has 1 amide bonds. The average Bonchev–Trinajstić information content (AvgIpc) is 3.24. The lowest BCUT2D eigenvalue weighted by molar-refractivity contribution is 0.0728. The molecule has 6 nitrogen and oxygen atoms in total. The Kier molecular flexibility index (Phi) is 5.23. The highest BCUT2D eigenvalue weighted by Crippen LogP contribution is 2.22. The minimum atomic E-state index is -0.571. The van der Waals surface area contributed by atoms with E-state index < -0.39 is 5.97 Å². The van der Waals surface area contributed by atoms with Crippen LogP contribution in [0.15, 0.2) is 41.8 Å². The largest absolute Gasteiger partial charge is 0.422 e. The molecular formula is C20H18N2O4S. The fraction of sp³-hybridized carbons (Fsp3) is 0.150. The number of thiophene rings is 1. The van der Waals surface area contributed by atoms with Gasteiger partial charge in [0.05, 0.1) is 4.88 Å². The predicted molar refractivity (Wildman–Crippen MR) is 104 cm³/mol. The van der Waals surface area contributed by atoms with E-state index in [1.807, 2.05) is 11.4 Å². The molecule has 2 heterocycles. The summed E-state index contributed by atoms with van der Waals surface area (Å²) in [5.74, 6) is -0.529. The van der Waals surface area contributed by atoms with E-state index >= 15 is 0 Å². The second-order valence-corrected chi connectivity index (χ2v) is 6.97. The molecule has 1 aromatic carbocycles. The minimum Gasteiger partial charge on any atom is -0.422 e. The van der Waals surface area contributed by atoms with Gasteiger partial charge in [0.15, 0.2) is 5.78 Å². The number of benzene rings is 1. The SMILES string of the molecule is CC(=O)c1c(C)[nH]c(C(=O)Oc2ccc(NC(=O)c3cccs3)cc2)c1C. The second-order valence-electron chi connectivity index (χ2n) is 6.03. The van der Waals surface area contributed by atoms with Crippen LogP contribution >= 0.6 is 11.3 Å². The van der Waals surface area contributed by atoms with E-state index in [9.17, 15) is 14.4 Å². The third kappa shape index (κ3) is 3.98. The van der Waals surface area contributed by atoms with Crippen LogP contribution in [0.4, 0.5) is 5.69 Å². The standard InChI is InChI=1S/C20H18N2O4S/c1-11-17(13(3)23)12(2)21-18(11)20(25)26-15-8-6-14(7-9-15)22-19(24)16-5-4-10-27-16/h4-10,21H,1-3H3,(H,22,24). The first-order valence-corrected chi connectivity index (χ1v) is 9.12. The van der Waals surface area contributed by atoms with Crippen LogP contribution in [0.2, 0.25) is 0 Å². The van der Waals surface area contributed by atoms with Crippen molar-refractivity contribution in [1.29, 1.82) is 0 Å². The lowest BCUT2D eigenvalue weighted by Gasteiger charge is -2.07. The number of aromatic amines is 1. The quantitative estimate of drug-likeness (QED) is 0.390. The summed E-state index contributed by atoms with van der Waals surface area (Å²) in [5, 5.41) is 4.61. The van der Waals surface area contributed by atoms with Crippen molar-refractivity contribution in [3.05, 3.63) is 69.2 Å². The van der Waals surface area contributed by atoms with Crippen molar-refractivity contribution < 1.29 is 19.1 Å². The number of ether oxygens (including phenoxy) is 1. The number of esters is 1. The van der Waals surface area contributed by atoms with Crippen molar-refractivity contribution in [3.8, 4) is 5.75 Å². The lowest BCUT2D eigenvalue weighted by Crippen LogP contribution is -2.12. The van der Waals surface area contributed by atoms with Crippen molar-refractivity contribution in [2.75, 3.05) is 5.32 Å². The van der Waals surface area contributed by atoms with E-state index in [1.54, 1.807) is 44.2 Å². The highest BCUT2D eigenvalue weighted by molar-refractivity contribution is 7.12.